The number of aromatic nitrogens is 1. The maximum absolute atomic E-state index is 14.9. The molecular formula is C27H28F4N4O4. The summed E-state index contributed by atoms with van der Waals surface area (Å²) in [6.07, 6.45) is 2.52. The highest BCUT2D eigenvalue weighted by Gasteiger charge is 2.42. The average Bonchev–Trinajstić information content (AvgIpc) is 3.30. The Balaban J connectivity index is 1.61. The molecule has 39 heavy (non-hydrogen) atoms. The highest BCUT2D eigenvalue weighted by molar-refractivity contribution is 6.02. The van der Waals surface area contributed by atoms with Gasteiger partial charge >= 0.3 is 6.18 Å². The number of aliphatic hydroxyl groups is 1. The molecule has 1 aromatic heterocycles. The van der Waals surface area contributed by atoms with E-state index in [1.165, 1.54) is 11.1 Å². The van der Waals surface area contributed by atoms with Crippen molar-refractivity contribution in [3.05, 3.63) is 58.7 Å². The van der Waals surface area contributed by atoms with E-state index < -0.39 is 47.4 Å². The zero-order chi connectivity index (χ0) is 28.3. The topological polar surface area (TPSA) is 104 Å². The molecule has 0 bridgehead atoms. The van der Waals surface area contributed by atoms with E-state index >= 15 is 0 Å². The van der Waals surface area contributed by atoms with E-state index in [2.05, 4.69) is 21.5 Å². The number of nitrogens with one attached hydrogen (secondary N) is 2. The summed E-state index contributed by atoms with van der Waals surface area (Å²) in [7, 11) is 0. The molecule has 0 saturated carbocycles. The van der Waals surface area contributed by atoms with Gasteiger partial charge in [-0.15, -0.1) is 12.3 Å². The second-order valence-corrected chi connectivity index (χ2v) is 9.61. The lowest BCUT2D eigenvalue weighted by Gasteiger charge is -2.36. The second-order valence-electron chi connectivity index (χ2n) is 9.61. The highest BCUT2D eigenvalue weighted by atomic mass is 19.4. The Morgan fingerprint density at radius 3 is 2.64 bits per heavy atom. The summed E-state index contributed by atoms with van der Waals surface area (Å²) < 4.78 is 59.3. The number of hydrogen-bond donors (Lipinski definition) is 3. The van der Waals surface area contributed by atoms with Gasteiger partial charge < -0.3 is 25.4 Å². The van der Waals surface area contributed by atoms with Gasteiger partial charge in [0.15, 0.2) is 0 Å². The third kappa shape index (κ3) is 6.15. The van der Waals surface area contributed by atoms with Gasteiger partial charge in [-0.2, -0.15) is 13.2 Å². The molecular weight excluding hydrogens is 520 g/mol. The van der Waals surface area contributed by atoms with Crippen molar-refractivity contribution < 1.29 is 37.0 Å². The number of carbonyl (C=O) groups excluding carboxylic acids is 2. The van der Waals surface area contributed by atoms with Gasteiger partial charge in [-0.3, -0.25) is 14.6 Å². The molecule has 2 aromatic rings. The first-order valence-electron chi connectivity index (χ1n) is 12.4. The summed E-state index contributed by atoms with van der Waals surface area (Å²) in [5.41, 5.74) is -0.0662. The van der Waals surface area contributed by atoms with E-state index in [-0.39, 0.29) is 56.4 Å². The van der Waals surface area contributed by atoms with Crippen molar-refractivity contribution in [2.75, 3.05) is 38.2 Å². The summed E-state index contributed by atoms with van der Waals surface area (Å²) in [4.78, 5) is 32.8. The van der Waals surface area contributed by atoms with Crippen molar-refractivity contribution in [2.45, 2.75) is 31.6 Å². The van der Waals surface area contributed by atoms with Crippen LogP contribution in [0.4, 0.5) is 23.2 Å². The second kappa shape index (κ2) is 11.6. The van der Waals surface area contributed by atoms with E-state index in [1.54, 1.807) is 13.0 Å². The Labute approximate surface area is 222 Å². The number of benzene rings is 1. The number of aliphatic hydroxyl groups excluding tert-OH is 1. The van der Waals surface area contributed by atoms with Crippen molar-refractivity contribution >= 4 is 17.5 Å². The van der Waals surface area contributed by atoms with Crippen LogP contribution < -0.4 is 10.6 Å². The van der Waals surface area contributed by atoms with Crippen molar-refractivity contribution in [3.8, 4) is 12.3 Å². The number of ether oxygens (including phenoxy) is 1. The van der Waals surface area contributed by atoms with Crippen LogP contribution in [0.1, 0.15) is 39.6 Å². The van der Waals surface area contributed by atoms with Crippen molar-refractivity contribution in [1.82, 2.24) is 15.2 Å². The summed E-state index contributed by atoms with van der Waals surface area (Å²) >= 11 is 0. The molecule has 0 aliphatic carbocycles. The molecule has 3 heterocycles. The van der Waals surface area contributed by atoms with E-state index in [1.807, 2.05) is 0 Å². The molecule has 208 valence electrons. The molecule has 2 saturated heterocycles. The molecule has 2 amide bonds. The number of aryl methyl sites for hydroxylation is 1. The van der Waals surface area contributed by atoms with Gasteiger partial charge in [0.05, 0.1) is 48.9 Å². The number of likely N-dealkylation sites (tertiary alicyclic amines) is 1. The smallest absolute Gasteiger partial charge is 0.395 e. The van der Waals surface area contributed by atoms with Crippen LogP contribution in [0, 0.1) is 36.9 Å². The number of hydrogen-bond acceptors (Lipinski definition) is 6. The fraction of sp³-hybridized carbons (Fsp3) is 0.444. The highest BCUT2D eigenvalue weighted by Crippen LogP contribution is 2.35. The standard InChI is InChI=1S/C27H28F4N4O4/c1-3-16-9-23(35(12-16)26(38)20-8-15(2)33-11-22(20)32-6-7-36)25(37)34-24(17-13-39-14-17)19-5-4-18(10-21(19)28)27(29,30)31/h1,4-5,8,10-11,16-17,23-24,32,36H,6-7,9,12-14H2,2H3,(H,34,37)/t16-,23-,24-/m1/s1. The lowest BCUT2D eigenvalue weighted by molar-refractivity contribution is -0.138. The third-order valence-corrected chi connectivity index (χ3v) is 6.89. The lowest BCUT2D eigenvalue weighted by Crippen LogP contribution is -2.50. The van der Waals surface area contributed by atoms with Gasteiger partial charge in [-0.05, 0) is 31.5 Å². The quantitative estimate of drug-likeness (QED) is 0.346. The first-order chi connectivity index (χ1) is 18.5. The van der Waals surface area contributed by atoms with E-state index in [0.717, 1.165) is 12.1 Å². The fourth-order valence-corrected chi connectivity index (χ4v) is 4.75. The third-order valence-electron chi connectivity index (χ3n) is 6.89. The minimum atomic E-state index is -4.72. The van der Waals surface area contributed by atoms with Crippen LogP contribution in [0.15, 0.2) is 30.5 Å². The fourth-order valence-electron chi connectivity index (χ4n) is 4.75. The average molecular weight is 549 g/mol. The predicted octanol–water partition coefficient (Wildman–Crippen LogP) is 2.92. The maximum atomic E-state index is 14.9. The summed E-state index contributed by atoms with van der Waals surface area (Å²) in [6, 6.07) is 1.78. The van der Waals surface area contributed by atoms with Crippen LogP contribution in [-0.2, 0) is 15.7 Å². The van der Waals surface area contributed by atoms with Crippen LogP contribution in [0.2, 0.25) is 0 Å². The van der Waals surface area contributed by atoms with Gasteiger partial charge in [0.1, 0.15) is 11.9 Å². The minimum absolute atomic E-state index is 0.0973. The largest absolute Gasteiger partial charge is 0.416 e. The molecule has 2 aliphatic rings. The van der Waals surface area contributed by atoms with Crippen LogP contribution in [0.3, 0.4) is 0 Å². The van der Waals surface area contributed by atoms with Gasteiger partial charge in [0.2, 0.25) is 5.91 Å². The SMILES string of the molecule is C#C[C@@H]1C[C@H](C(=O)N[C@@H](c2ccc(C(F)(F)F)cc2F)C2COC2)N(C(=O)c2cc(C)ncc2NCCO)C1. The monoisotopic (exact) mass is 548 g/mol. The van der Waals surface area contributed by atoms with Crippen molar-refractivity contribution in [2.24, 2.45) is 11.8 Å². The molecule has 2 fully saturated rings. The minimum Gasteiger partial charge on any atom is -0.395 e. The number of carbonyl (C=O) groups is 2. The van der Waals surface area contributed by atoms with E-state index in [0.29, 0.717) is 17.4 Å². The number of halogens is 4. The van der Waals surface area contributed by atoms with Crippen LogP contribution >= 0.6 is 0 Å². The van der Waals surface area contributed by atoms with Crippen LogP contribution in [-0.4, -0.2) is 65.8 Å². The van der Waals surface area contributed by atoms with Gasteiger partial charge in [0, 0.05) is 36.2 Å². The molecule has 4 rings (SSSR count). The lowest BCUT2D eigenvalue weighted by atomic mass is 9.90. The van der Waals surface area contributed by atoms with Crippen LogP contribution in [0.5, 0.6) is 0 Å². The number of amides is 2. The van der Waals surface area contributed by atoms with Crippen molar-refractivity contribution in [3.63, 3.8) is 0 Å². The molecule has 0 radical (unpaired) electrons. The Bertz CT molecular complexity index is 1280. The number of alkyl halides is 3. The van der Waals surface area contributed by atoms with E-state index in [4.69, 9.17) is 11.2 Å². The Morgan fingerprint density at radius 2 is 2.05 bits per heavy atom. The molecule has 2 aliphatic heterocycles. The molecule has 3 N–H and O–H groups in total. The number of nitrogens with zero attached hydrogens (tertiary/aromatic N) is 2. The molecule has 8 nitrogen and oxygen atoms in total. The van der Waals surface area contributed by atoms with Gasteiger partial charge in [-0.1, -0.05) is 6.07 Å². The van der Waals surface area contributed by atoms with Crippen molar-refractivity contribution in [1.29, 1.82) is 0 Å². The summed E-state index contributed by atoms with van der Waals surface area (Å²) in [5.74, 6) is -0.396. The zero-order valence-electron chi connectivity index (χ0n) is 21.1. The van der Waals surface area contributed by atoms with Gasteiger partial charge in [-0.25, -0.2) is 4.39 Å². The van der Waals surface area contributed by atoms with Crippen LogP contribution in [0.25, 0.3) is 0 Å². The summed E-state index contributed by atoms with van der Waals surface area (Å²) in [6.45, 7) is 2.16. The Morgan fingerprint density at radius 1 is 1.31 bits per heavy atom. The molecule has 3 atom stereocenters. The molecule has 12 heteroatoms. The number of anilines is 1. The number of pyridine rings is 1. The first kappa shape index (κ1) is 28.3. The Kier molecular flexibility index (Phi) is 8.42. The molecule has 1 aromatic carbocycles. The zero-order valence-corrected chi connectivity index (χ0v) is 21.1. The van der Waals surface area contributed by atoms with Gasteiger partial charge in [0.25, 0.3) is 5.91 Å². The maximum Gasteiger partial charge on any atom is 0.416 e. The normalized spacial score (nSPS) is 20.2. The number of terminal acetylenes is 1. The number of rotatable bonds is 8. The van der Waals surface area contributed by atoms with E-state index in [9.17, 15) is 32.3 Å². The molecule has 0 spiro atoms. The first-order valence-corrected chi connectivity index (χ1v) is 12.4. The summed E-state index contributed by atoms with van der Waals surface area (Å²) in [5, 5.41) is 14.9. The Hall–Kier alpha value is -3.69. The molecule has 0 unspecified atom stereocenters. The predicted molar refractivity (Wildman–Crippen MR) is 133 cm³/mol.